The van der Waals surface area contributed by atoms with Crippen LogP contribution in [0.15, 0.2) is 17.2 Å². The van der Waals surface area contributed by atoms with Crippen molar-refractivity contribution in [3.63, 3.8) is 0 Å². The first-order valence-electron chi connectivity index (χ1n) is 3.68. The zero-order chi connectivity index (χ0) is 8.97. The van der Waals surface area contributed by atoms with E-state index in [-0.39, 0.29) is 0 Å². The molecule has 0 aliphatic rings. The number of nitrogens with zero attached hydrogens (tertiary/aromatic N) is 4. The van der Waals surface area contributed by atoms with E-state index >= 15 is 0 Å². The van der Waals surface area contributed by atoms with Crippen molar-refractivity contribution in [2.45, 2.75) is 20.4 Å². The van der Waals surface area contributed by atoms with Crippen LogP contribution in [0, 0.1) is 13.8 Å². The molecular weight excluding hydrogens is 152 g/mol. The first-order chi connectivity index (χ1) is 5.74. The molecule has 1 aromatic heterocycles. The van der Waals surface area contributed by atoms with Gasteiger partial charge in [0.2, 0.25) is 0 Å². The van der Waals surface area contributed by atoms with E-state index in [0.717, 1.165) is 17.0 Å². The summed E-state index contributed by atoms with van der Waals surface area (Å²) >= 11 is 0. The summed E-state index contributed by atoms with van der Waals surface area (Å²) < 4.78 is 0. The third kappa shape index (κ3) is 1.97. The van der Waals surface area contributed by atoms with Gasteiger partial charge >= 0.3 is 0 Å². The summed E-state index contributed by atoms with van der Waals surface area (Å²) in [5.41, 5.74) is 11.0. The van der Waals surface area contributed by atoms with Gasteiger partial charge in [0, 0.05) is 16.3 Å². The number of pyridine rings is 1. The molecule has 1 rings (SSSR count). The van der Waals surface area contributed by atoms with Gasteiger partial charge in [0.25, 0.3) is 0 Å². The van der Waals surface area contributed by atoms with Crippen molar-refractivity contribution in [1.29, 1.82) is 0 Å². The summed E-state index contributed by atoms with van der Waals surface area (Å²) in [6.07, 6.45) is 0. The molecule has 0 unspecified atom stereocenters. The van der Waals surface area contributed by atoms with Crippen molar-refractivity contribution in [2.24, 2.45) is 5.11 Å². The fourth-order valence-corrected chi connectivity index (χ4v) is 0.990. The Hall–Kier alpha value is -1.54. The zero-order valence-corrected chi connectivity index (χ0v) is 7.15. The van der Waals surface area contributed by atoms with Crippen molar-refractivity contribution in [3.8, 4) is 0 Å². The molecule has 0 spiro atoms. The van der Waals surface area contributed by atoms with Crippen molar-refractivity contribution < 1.29 is 0 Å². The van der Waals surface area contributed by atoms with Gasteiger partial charge in [-0.2, -0.15) is 0 Å². The maximum atomic E-state index is 8.11. The Kier molecular flexibility index (Phi) is 2.66. The molecule has 0 saturated carbocycles. The second-order valence-electron chi connectivity index (χ2n) is 2.59. The third-order valence-corrected chi connectivity index (χ3v) is 1.64. The molecule has 0 saturated heterocycles. The Balaban J connectivity index is 2.93. The predicted octanol–water partition coefficient (Wildman–Crippen LogP) is 2.51. The zero-order valence-electron chi connectivity index (χ0n) is 7.15. The molecule has 1 aromatic rings. The average Bonchev–Trinajstić information content (AvgIpc) is 2.03. The van der Waals surface area contributed by atoms with E-state index in [2.05, 4.69) is 15.0 Å². The van der Waals surface area contributed by atoms with Gasteiger partial charge in [-0.3, -0.25) is 4.98 Å². The molecule has 0 aromatic carbocycles. The highest BCUT2D eigenvalue weighted by Gasteiger charge is 1.96. The minimum absolute atomic E-state index is 0.385. The first-order valence-corrected chi connectivity index (χ1v) is 3.68. The number of rotatable bonds is 2. The lowest BCUT2D eigenvalue weighted by Gasteiger charge is -2.01. The van der Waals surface area contributed by atoms with Crippen molar-refractivity contribution in [1.82, 2.24) is 4.98 Å². The van der Waals surface area contributed by atoms with Crippen molar-refractivity contribution in [3.05, 3.63) is 39.5 Å². The summed E-state index contributed by atoms with van der Waals surface area (Å²) in [6, 6.07) is 3.85. The molecular formula is C8H10N4. The van der Waals surface area contributed by atoms with Crippen LogP contribution in [-0.4, -0.2) is 4.98 Å². The molecule has 62 valence electrons. The largest absolute Gasteiger partial charge is 0.258 e. The summed E-state index contributed by atoms with van der Waals surface area (Å²) in [4.78, 5) is 6.93. The highest BCUT2D eigenvalue weighted by molar-refractivity contribution is 5.21. The molecule has 0 amide bonds. The average molecular weight is 162 g/mol. The van der Waals surface area contributed by atoms with E-state index in [1.54, 1.807) is 0 Å². The van der Waals surface area contributed by atoms with Crippen LogP contribution in [0.2, 0.25) is 0 Å². The molecule has 0 atom stereocenters. The van der Waals surface area contributed by atoms with Gasteiger partial charge in [-0.1, -0.05) is 11.2 Å². The van der Waals surface area contributed by atoms with Crippen LogP contribution in [0.1, 0.15) is 17.0 Å². The number of hydrogen-bond acceptors (Lipinski definition) is 2. The number of aryl methyl sites for hydroxylation is 2. The van der Waals surface area contributed by atoms with Crippen LogP contribution in [0.25, 0.3) is 10.4 Å². The highest BCUT2D eigenvalue weighted by Crippen LogP contribution is 2.07. The highest BCUT2D eigenvalue weighted by atomic mass is 15.1. The summed E-state index contributed by atoms with van der Waals surface area (Å²) in [5.74, 6) is 0. The SMILES string of the molecule is Cc1ccc(CN=[N+]=[N-])c(C)n1. The Morgan fingerprint density at radius 2 is 2.25 bits per heavy atom. The minimum atomic E-state index is 0.385. The lowest BCUT2D eigenvalue weighted by Crippen LogP contribution is -1.92. The van der Waals surface area contributed by atoms with E-state index in [0.29, 0.717) is 6.54 Å². The van der Waals surface area contributed by atoms with E-state index in [1.165, 1.54) is 0 Å². The maximum absolute atomic E-state index is 8.11. The summed E-state index contributed by atoms with van der Waals surface area (Å²) in [5, 5.41) is 3.47. The number of hydrogen-bond donors (Lipinski definition) is 0. The maximum Gasteiger partial charge on any atom is 0.0528 e. The second kappa shape index (κ2) is 3.74. The first kappa shape index (κ1) is 8.56. The van der Waals surface area contributed by atoms with Gasteiger partial charge in [0.05, 0.1) is 6.54 Å². The third-order valence-electron chi connectivity index (χ3n) is 1.64. The van der Waals surface area contributed by atoms with Gasteiger partial charge < -0.3 is 0 Å². The van der Waals surface area contributed by atoms with Crippen molar-refractivity contribution in [2.75, 3.05) is 0 Å². The molecule has 12 heavy (non-hydrogen) atoms. The van der Waals surface area contributed by atoms with Crippen LogP contribution < -0.4 is 0 Å². The van der Waals surface area contributed by atoms with E-state index in [9.17, 15) is 0 Å². The van der Waals surface area contributed by atoms with Crippen LogP contribution in [0.5, 0.6) is 0 Å². The minimum Gasteiger partial charge on any atom is -0.258 e. The lowest BCUT2D eigenvalue weighted by molar-refractivity contribution is 0.978. The van der Waals surface area contributed by atoms with Crippen LogP contribution in [0.4, 0.5) is 0 Å². The standard InChI is InChI=1S/C8H10N4/c1-6-3-4-8(5-10-12-9)7(2)11-6/h3-4H,5H2,1-2H3. The van der Waals surface area contributed by atoms with Gasteiger partial charge in [-0.05, 0) is 31.0 Å². The molecule has 4 nitrogen and oxygen atoms in total. The van der Waals surface area contributed by atoms with Crippen LogP contribution in [-0.2, 0) is 6.54 Å². The molecule has 0 radical (unpaired) electrons. The van der Waals surface area contributed by atoms with Gasteiger partial charge in [-0.15, -0.1) is 0 Å². The molecule has 0 fully saturated rings. The fraction of sp³-hybridized carbons (Fsp3) is 0.375. The molecule has 4 heteroatoms. The Bertz CT molecular complexity index is 326. The quantitative estimate of drug-likeness (QED) is 0.374. The smallest absolute Gasteiger partial charge is 0.0528 e. The van der Waals surface area contributed by atoms with E-state index in [1.807, 2.05) is 26.0 Å². The predicted molar refractivity (Wildman–Crippen MR) is 46.6 cm³/mol. The summed E-state index contributed by atoms with van der Waals surface area (Å²) in [6.45, 7) is 4.23. The number of aromatic nitrogens is 1. The van der Waals surface area contributed by atoms with Crippen LogP contribution >= 0.6 is 0 Å². The second-order valence-corrected chi connectivity index (χ2v) is 2.59. The molecule has 0 aliphatic heterocycles. The van der Waals surface area contributed by atoms with E-state index < -0.39 is 0 Å². The van der Waals surface area contributed by atoms with Crippen LogP contribution in [0.3, 0.4) is 0 Å². The molecule has 0 bridgehead atoms. The summed E-state index contributed by atoms with van der Waals surface area (Å²) in [7, 11) is 0. The normalized spacial score (nSPS) is 9.17. The van der Waals surface area contributed by atoms with E-state index in [4.69, 9.17) is 5.53 Å². The number of azide groups is 1. The Morgan fingerprint density at radius 1 is 1.50 bits per heavy atom. The van der Waals surface area contributed by atoms with Crippen molar-refractivity contribution >= 4 is 0 Å². The fourth-order valence-electron chi connectivity index (χ4n) is 0.990. The Morgan fingerprint density at radius 3 is 2.83 bits per heavy atom. The molecule has 1 heterocycles. The van der Waals surface area contributed by atoms with Gasteiger partial charge in [-0.25, -0.2) is 0 Å². The van der Waals surface area contributed by atoms with Gasteiger partial charge in [0.15, 0.2) is 0 Å². The molecule has 0 N–H and O–H groups in total. The molecule has 0 aliphatic carbocycles. The Labute approximate surface area is 70.9 Å². The van der Waals surface area contributed by atoms with Gasteiger partial charge in [0.1, 0.15) is 0 Å². The topological polar surface area (TPSA) is 61.7 Å². The lowest BCUT2D eigenvalue weighted by atomic mass is 10.2. The monoisotopic (exact) mass is 162 g/mol.